The van der Waals surface area contributed by atoms with Crippen molar-refractivity contribution in [1.29, 1.82) is 0 Å². The molecule has 1 aromatic carbocycles. The quantitative estimate of drug-likeness (QED) is 0.391. The molecule has 8 nitrogen and oxygen atoms in total. The molecular weight excluding hydrogens is 512 g/mol. The van der Waals surface area contributed by atoms with E-state index in [-0.39, 0.29) is 11.5 Å². The summed E-state index contributed by atoms with van der Waals surface area (Å²) in [6, 6.07) is 10.1. The van der Waals surface area contributed by atoms with Crippen molar-refractivity contribution >= 4 is 12.0 Å². The molecule has 2 aromatic rings. The van der Waals surface area contributed by atoms with Gasteiger partial charge in [-0.3, -0.25) is 4.90 Å². The van der Waals surface area contributed by atoms with Crippen molar-refractivity contribution in [3.05, 3.63) is 59.3 Å². The van der Waals surface area contributed by atoms with E-state index in [4.69, 9.17) is 14.7 Å². The van der Waals surface area contributed by atoms with Gasteiger partial charge in [-0.1, -0.05) is 30.8 Å². The van der Waals surface area contributed by atoms with Crippen molar-refractivity contribution in [3.63, 3.8) is 0 Å². The molecule has 0 amide bonds. The molecule has 4 unspecified atom stereocenters. The number of aryl methyl sites for hydroxylation is 1. The van der Waals surface area contributed by atoms with E-state index in [0.29, 0.717) is 18.7 Å². The van der Waals surface area contributed by atoms with Gasteiger partial charge in [-0.2, -0.15) is 9.97 Å². The molecule has 2 saturated heterocycles. The molecule has 1 N–H and O–H groups in total. The minimum Gasteiger partial charge on any atom is -0.462 e. The minimum atomic E-state index is -0.645. The zero-order valence-corrected chi connectivity index (χ0v) is 24.8. The number of anilines is 1. The predicted molar refractivity (Wildman–Crippen MR) is 164 cm³/mol. The Bertz CT molecular complexity index is 1270. The molecule has 8 heteroatoms. The van der Waals surface area contributed by atoms with Crippen LogP contribution in [0.25, 0.3) is 0 Å². The lowest BCUT2D eigenvalue weighted by atomic mass is 9.63. The molecule has 2 fully saturated rings. The number of piperazine rings is 1. The molecule has 4 aliphatic rings. The van der Waals surface area contributed by atoms with E-state index >= 15 is 0 Å². The van der Waals surface area contributed by atoms with Crippen LogP contribution in [0.15, 0.2) is 41.9 Å². The Morgan fingerprint density at radius 2 is 1.95 bits per heavy atom. The fraction of sp³-hybridized carbons (Fsp3) is 0.606. The molecule has 4 atom stereocenters. The Hall–Kier alpha value is -2.81. The first-order valence-corrected chi connectivity index (χ1v) is 15.5. The van der Waals surface area contributed by atoms with E-state index in [1.54, 1.807) is 6.08 Å². The number of hydrogen-bond acceptors (Lipinski definition) is 8. The van der Waals surface area contributed by atoms with Crippen molar-refractivity contribution in [2.24, 2.45) is 10.4 Å². The van der Waals surface area contributed by atoms with Crippen LogP contribution in [0.3, 0.4) is 0 Å². The highest BCUT2D eigenvalue weighted by Gasteiger charge is 2.41. The van der Waals surface area contributed by atoms with Crippen LogP contribution < -0.4 is 9.64 Å². The van der Waals surface area contributed by atoms with Gasteiger partial charge in [0, 0.05) is 57.0 Å². The van der Waals surface area contributed by atoms with Gasteiger partial charge in [0.15, 0.2) is 0 Å². The summed E-state index contributed by atoms with van der Waals surface area (Å²) in [6.45, 7) is 7.80. The summed E-state index contributed by atoms with van der Waals surface area (Å²) in [5, 5.41) is 10.5. The van der Waals surface area contributed by atoms with Gasteiger partial charge in [0.05, 0.1) is 5.69 Å². The number of likely N-dealkylation sites (tertiary alicyclic amines) is 1. The molecule has 0 bridgehead atoms. The number of hydrogen-bond donors (Lipinski definition) is 1. The number of rotatable bonds is 8. The van der Waals surface area contributed by atoms with Gasteiger partial charge in [0.25, 0.3) is 0 Å². The third-order valence-corrected chi connectivity index (χ3v) is 10.1. The first kappa shape index (κ1) is 28.3. The van der Waals surface area contributed by atoms with Crippen molar-refractivity contribution < 1.29 is 9.84 Å². The van der Waals surface area contributed by atoms with Crippen molar-refractivity contribution in [3.8, 4) is 6.01 Å². The van der Waals surface area contributed by atoms with Crippen molar-refractivity contribution in [1.82, 2.24) is 19.8 Å². The predicted octanol–water partition coefficient (Wildman–Crippen LogP) is 3.70. The van der Waals surface area contributed by atoms with E-state index in [2.05, 4.69) is 57.6 Å². The number of aliphatic hydroxyl groups excluding tert-OH is 1. The number of benzene rings is 1. The highest BCUT2D eigenvalue weighted by molar-refractivity contribution is 5.61. The van der Waals surface area contributed by atoms with Crippen LogP contribution in [0.1, 0.15) is 54.5 Å². The van der Waals surface area contributed by atoms with Crippen LogP contribution in [0.5, 0.6) is 6.01 Å². The third kappa shape index (κ3) is 5.92. The average molecular weight is 559 g/mol. The molecule has 2 aliphatic carbocycles. The number of fused-ring (bicyclic) bond motifs is 2. The van der Waals surface area contributed by atoms with E-state index in [0.717, 1.165) is 76.9 Å². The Kier molecular flexibility index (Phi) is 8.42. The van der Waals surface area contributed by atoms with Crippen LogP contribution >= 0.6 is 0 Å². The van der Waals surface area contributed by atoms with E-state index < -0.39 is 6.23 Å². The first-order chi connectivity index (χ1) is 20.0. The molecule has 1 spiro atoms. The summed E-state index contributed by atoms with van der Waals surface area (Å²) in [5.41, 5.74) is 5.73. The van der Waals surface area contributed by atoms with Gasteiger partial charge in [0.2, 0.25) is 0 Å². The number of aliphatic hydroxyl groups is 1. The van der Waals surface area contributed by atoms with Crippen LogP contribution in [0.4, 0.5) is 5.82 Å². The van der Waals surface area contributed by atoms with Gasteiger partial charge < -0.3 is 24.6 Å². The maximum Gasteiger partial charge on any atom is 0.318 e. The van der Waals surface area contributed by atoms with Gasteiger partial charge in [0.1, 0.15) is 18.7 Å². The lowest BCUT2D eigenvalue weighted by Crippen LogP contribution is -2.56. The first-order valence-electron chi connectivity index (χ1n) is 15.5. The fourth-order valence-corrected chi connectivity index (χ4v) is 7.60. The maximum absolute atomic E-state index is 10.5. The molecule has 41 heavy (non-hydrogen) atoms. The number of aromatic nitrogens is 2. The maximum atomic E-state index is 10.5. The van der Waals surface area contributed by atoms with Gasteiger partial charge in [-0.15, -0.1) is 0 Å². The lowest BCUT2D eigenvalue weighted by Gasteiger charge is -2.45. The van der Waals surface area contributed by atoms with Gasteiger partial charge in [-0.05, 0) is 87.6 Å². The zero-order chi connectivity index (χ0) is 28.4. The van der Waals surface area contributed by atoms with Crippen LogP contribution in [0.2, 0.25) is 0 Å². The summed E-state index contributed by atoms with van der Waals surface area (Å²) in [4.78, 5) is 21.5. The number of nitrogens with zero attached hydrogens (tertiary/aromatic N) is 6. The highest BCUT2D eigenvalue weighted by atomic mass is 16.5. The molecule has 220 valence electrons. The topological polar surface area (TPSA) is 77.3 Å². The number of likely N-dealkylation sites (N-methyl/N-ethyl adjacent to an activating group) is 1. The fourth-order valence-electron chi connectivity index (χ4n) is 7.60. The van der Waals surface area contributed by atoms with Crippen LogP contribution in [-0.4, -0.2) is 96.3 Å². The average Bonchev–Trinajstić information content (AvgIpc) is 3.42. The summed E-state index contributed by atoms with van der Waals surface area (Å²) >= 11 is 0. The third-order valence-electron chi connectivity index (χ3n) is 10.1. The molecule has 0 saturated carbocycles. The Morgan fingerprint density at radius 1 is 1.12 bits per heavy atom. The van der Waals surface area contributed by atoms with Gasteiger partial charge >= 0.3 is 6.01 Å². The monoisotopic (exact) mass is 558 g/mol. The number of aliphatic imine (C=N–C) groups is 1. The molecule has 6 rings (SSSR count). The largest absolute Gasteiger partial charge is 0.462 e. The van der Waals surface area contributed by atoms with E-state index in [9.17, 15) is 5.11 Å². The molecule has 0 radical (unpaired) electrons. The Morgan fingerprint density at radius 3 is 2.73 bits per heavy atom. The smallest absolute Gasteiger partial charge is 0.318 e. The second-order valence-corrected chi connectivity index (χ2v) is 12.6. The standard InChI is InChI=1S/C33H46N6O2/c1-4-30(40)38-18-19-39(26(22-38)13-16-34-2)31-28-12-15-33(14-11-24-8-5-6-9-25(24)20-33)21-29(28)35-32(36-31)41-23-27-10-7-17-37(27)3/h4-6,8-9,16,26-27,30,40H,1,7,10-15,17-23H2,2-3H3. The van der Waals surface area contributed by atoms with Gasteiger partial charge in [-0.25, -0.2) is 0 Å². The SMILES string of the molecule is C=CC(O)N1CCN(c2nc(OCC3CCCN3C)nc3c2CCC2(CCc4ccccc4C2)C3)C(CC=NC)C1. The van der Waals surface area contributed by atoms with E-state index in [1.807, 2.05) is 13.3 Å². The summed E-state index contributed by atoms with van der Waals surface area (Å²) in [5.74, 6) is 1.03. The van der Waals surface area contributed by atoms with Crippen molar-refractivity contribution in [2.45, 2.75) is 76.1 Å². The van der Waals surface area contributed by atoms with Crippen molar-refractivity contribution in [2.75, 3.05) is 51.8 Å². The second-order valence-electron chi connectivity index (χ2n) is 12.6. The summed E-state index contributed by atoms with van der Waals surface area (Å²) < 4.78 is 6.40. The van der Waals surface area contributed by atoms with Crippen LogP contribution in [0, 0.1) is 5.41 Å². The second kappa shape index (κ2) is 12.2. The lowest BCUT2D eigenvalue weighted by molar-refractivity contribution is 0.0285. The molecule has 3 heterocycles. The molecule has 2 aliphatic heterocycles. The van der Waals surface area contributed by atoms with Crippen LogP contribution in [-0.2, 0) is 25.7 Å². The molecular formula is C33H46N6O2. The van der Waals surface area contributed by atoms with E-state index in [1.165, 1.54) is 35.2 Å². The summed E-state index contributed by atoms with van der Waals surface area (Å²) in [7, 11) is 4.01. The Balaban J connectivity index is 1.33. The zero-order valence-electron chi connectivity index (χ0n) is 24.8. The summed E-state index contributed by atoms with van der Waals surface area (Å²) in [6.07, 6.45) is 12.7. The molecule has 1 aromatic heterocycles. The normalized spacial score (nSPS) is 27.6. The minimum absolute atomic E-state index is 0.146. The highest BCUT2D eigenvalue weighted by Crippen LogP contribution is 2.47. The number of ether oxygens (including phenoxy) is 1. The Labute approximate surface area is 245 Å².